The lowest BCUT2D eigenvalue weighted by molar-refractivity contribution is 0.625. The molecule has 0 aliphatic heterocycles. The lowest BCUT2D eigenvalue weighted by atomic mass is 10.1. The van der Waals surface area contributed by atoms with Crippen molar-refractivity contribution in [1.29, 1.82) is 0 Å². The van der Waals surface area contributed by atoms with E-state index in [-0.39, 0.29) is 17.8 Å². The molecule has 0 aliphatic rings. The maximum atomic E-state index is 13.2. The second-order valence-electron chi connectivity index (χ2n) is 6.38. The highest BCUT2D eigenvalue weighted by Crippen LogP contribution is 2.12. The van der Waals surface area contributed by atoms with Crippen molar-refractivity contribution in [1.82, 2.24) is 19.1 Å². The summed E-state index contributed by atoms with van der Waals surface area (Å²) in [5, 5.41) is 0. The average molecular weight is 358 g/mol. The summed E-state index contributed by atoms with van der Waals surface area (Å²) in [5.41, 5.74) is 2.80. The lowest BCUT2D eigenvalue weighted by Crippen LogP contribution is -2.41. The molecule has 4 aromatic rings. The zero-order valence-electron chi connectivity index (χ0n) is 14.9. The third kappa shape index (κ3) is 3.17. The van der Waals surface area contributed by atoms with Crippen molar-refractivity contribution in [2.45, 2.75) is 20.0 Å². The van der Waals surface area contributed by atoms with Gasteiger partial charge in [0, 0.05) is 12.4 Å². The summed E-state index contributed by atoms with van der Waals surface area (Å²) in [6, 6.07) is 16.8. The molecule has 3 heterocycles. The predicted octanol–water partition coefficient (Wildman–Crippen LogP) is 2.36. The number of fused-ring (bicyclic) bond motifs is 1. The quantitative estimate of drug-likeness (QED) is 0.562. The molecule has 0 N–H and O–H groups in total. The first-order valence-electron chi connectivity index (χ1n) is 8.68. The van der Waals surface area contributed by atoms with Crippen molar-refractivity contribution in [3.8, 4) is 0 Å². The summed E-state index contributed by atoms with van der Waals surface area (Å²) in [6.45, 7) is 2.49. The molecule has 6 heteroatoms. The molecule has 0 aliphatic carbocycles. The van der Waals surface area contributed by atoms with Crippen molar-refractivity contribution in [2.24, 2.45) is 0 Å². The molecule has 0 amide bonds. The first-order chi connectivity index (χ1) is 13.1. The second-order valence-corrected chi connectivity index (χ2v) is 6.38. The topological polar surface area (TPSA) is 69.8 Å². The van der Waals surface area contributed by atoms with Crippen molar-refractivity contribution in [3.63, 3.8) is 0 Å². The fourth-order valence-electron chi connectivity index (χ4n) is 3.15. The van der Waals surface area contributed by atoms with Crippen LogP contribution in [-0.2, 0) is 13.1 Å². The van der Waals surface area contributed by atoms with Crippen LogP contribution >= 0.6 is 0 Å². The molecule has 0 radical (unpaired) electrons. The van der Waals surface area contributed by atoms with E-state index < -0.39 is 5.56 Å². The molecule has 3 aromatic heterocycles. The number of hydrogen-bond donors (Lipinski definition) is 0. The van der Waals surface area contributed by atoms with E-state index in [0.29, 0.717) is 17.8 Å². The van der Waals surface area contributed by atoms with Crippen LogP contribution in [0.25, 0.3) is 11.0 Å². The number of hydrogen-bond acceptors (Lipinski definition) is 4. The number of nitrogens with zero attached hydrogens (tertiary/aromatic N) is 4. The molecule has 0 unspecified atom stereocenters. The number of rotatable bonds is 4. The monoisotopic (exact) mass is 358 g/mol. The third-order valence-corrected chi connectivity index (χ3v) is 4.62. The highest BCUT2D eigenvalue weighted by Gasteiger charge is 2.15. The van der Waals surface area contributed by atoms with E-state index in [1.807, 2.05) is 37.3 Å². The van der Waals surface area contributed by atoms with Crippen LogP contribution in [0.1, 0.15) is 16.8 Å². The van der Waals surface area contributed by atoms with Gasteiger partial charge in [0.15, 0.2) is 5.52 Å². The van der Waals surface area contributed by atoms with Gasteiger partial charge in [-0.15, -0.1) is 0 Å². The minimum atomic E-state index is -0.401. The Morgan fingerprint density at radius 3 is 2.37 bits per heavy atom. The van der Waals surface area contributed by atoms with Crippen molar-refractivity contribution in [2.75, 3.05) is 0 Å². The Morgan fingerprint density at radius 1 is 0.815 bits per heavy atom. The van der Waals surface area contributed by atoms with Crippen LogP contribution < -0.4 is 11.2 Å². The average Bonchev–Trinajstić information content (AvgIpc) is 2.70. The van der Waals surface area contributed by atoms with Crippen LogP contribution in [0, 0.1) is 6.92 Å². The van der Waals surface area contributed by atoms with Gasteiger partial charge in [-0.05, 0) is 42.3 Å². The molecule has 27 heavy (non-hydrogen) atoms. The van der Waals surface area contributed by atoms with Gasteiger partial charge >= 0.3 is 5.69 Å². The summed E-state index contributed by atoms with van der Waals surface area (Å²) in [7, 11) is 0. The Balaban J connectivity index is 1.93. The molecule has 4 rings (SSSR count). The first kappa shape index (κ1) is 16.9. The van der Waals surface area contributed by atoms with E-state index in [4.69, 9.17) is 0 Å². The van der Waals surface area contributed by atoms with Crippen LogP contribution in [0.3, 0.4) is 0 Å². The number of benzene rings is 1. The largest absolute Gasteiger partial charge is 0.332 e. The highest BCUT2D eigenvalue weighted by atomic mass is 16.2. The summed E-state index contributed by atoms with van der Waals surface area (Å²) in [4.78, 5) is 34.5. The number of pyridine rings is 2. The van der Waals surface area contributed by atoms with E-state index in [9.17, 15) is 9.59 Å². The maximum Gasteiger partial charge on any atom is 0.332 e. The van der Waals surface area contributed by atoms with E-state index >= 15 is 0 Å². The molecular weight excluding hydrogens is 340 g/mol. The van der Waals surface area contributed by atoms with Crippen LogP contribution in [-0.4, -0.2) is 19.1 Å². The van der Waals surface area contributed by atoms with Crippen LogP contribution in [0.2, 0.25) is 0 Å². The standard InChI is InChI=1S/C21H18N4O2/c1-15-7-2-3-8-16(15)13-24-18-10-6-12-23-19(18)20(26)25(21(24)27)14-17-9-4-5-11-22-17/h2-12H,13-14H2,1H3. The van der Waals surface area contributed by atoms with Crippen LogP contribution in [0.4, 0.5) is 0 Å². The first-order valence-corrected chi connectivity index (χ1v) is 8.68. The molecule has 0 spiro atoms. The minimum Gasteiger partial charge on any atom is -0.287 e. The van der Waals surface area contributed by atoms with E-state index in [2.05, 4.69) is 9.97 Å². The fraction of sp³-hybridized carbons (Fsp3) is 0.143. The van der Waals surface area contributed by atoms with Gasteiger partial charge in [0.25, 0.3) is 5.56 Å². The van der Waals surface area contributed by atoms with Crippen LogP contribution in [0.5, 0.6) is 0 Å². The lowest BCUT2D eigenvalue weighted by Gasteiger charge is -2.14. The zero-order valence-corrected chi connectivity index (χ0v) is 14.9. The van der Waals surface area contributed by atoms with Gasteiger partial charge in [-0.1, -0.05) is 30.3 Å². The molecule has 0 saturated heterocycles. The number of aromatic nitrogens is 4. The fourth-order valence-corrected chi connectivity index (χ4v) is 3.15. The second kappa shape index (κ2) is 6.99. The molecule has 0 bridgehead atoms. The predicted molar refractivity (Wildman–Crippen MR) is 104 cm³/mol. The van der Waals surface area contributed by atoms with Gasteiger partial charge in [0.05, 0.1) is 24.3 Å². The Hall–Kier alpha value is -3.54. The molecule has 0 saturated carbocycles. The third-order valence-electron chi connectivity index (χ3n) is 4.62. The van der Waals surface area contributed by atoms with E-state index in [1.165, 1.54) is 4.57 Å². The minimum absolute atomic E-state index is 0.110. The molecular formula is C21H18N4O2. The maximum absolute atomic E-state index is 13.2. The van der Waals surface area contributed by atoms with E-state index in [0.717, 1.165) is 11.1 Å². The molecule has 0 atom stereocenters. The van der Waals surface area contributed by atoms with E-state index in [1.54, 1.807) is 41.2 Å². The Bertz CT molecular complexity index is 1230. The SMILES string of the molecule is Cc1ccccc1Cn1c(=O)n(Cc2ccccn2)c(=O)c2ncccc21. The summed E-state index contributed by atoms with van der Waals surface area (Å²) >= 11 is 0. The van der Waals surface area contributed by atoms with Gasteiger partial charge in [-0.25, -0.2) is 9.78 Å². The summed E-state index contributed by atoms with van der Waals surface area (Å²) in [5.74, 6) is 0. The van der Waals surface area contributed by atoms with Crippen molar-refractivity contribution in [3.05, 3.63) is 105 Å². The molecule has 134 valence electrons. The van der Waals surface area contributed by atoms with Gasteiger partial charge in [0.2, 0.25) is 0 Å². The Kier molecular flexibility index (Phi) is 4.38. The smallest absolute Gasteiger partial charge is 0.287 e. The van der Waals surface area contributed by atoms with Crippen molar-refractivity contribution < 1.29 is 0 Å². The van der Waals surface area contributed by atoms with Gasteiger partial charge in [-0.3, -0.25) is 18.9 Å². The van der Waals surface area contributed by atoms with Gasteiger partial charge in [-0.2, -0.15) is 0 Å². The Morgan fingerprint density at radius 2 is 1.59 bits per heavy atom. The molecule has 6 nitrogen and oxygen atoms in total. The van der Waals surface area contributed by atoms with Crippen molar-refractivity contribution >= 4 is 11.0 Å². The molecule has 0 fully saturated rings. The molecule has 1 aromatic carbocycles. The summed E-state index contributed by atoms with van der Waals surface area (Å²) < 4.78 is 2.81. The van der Waals surface area contributed by atoms with Gasteiger partial charge < -0.3 is 0 Å². The number of aryl methyl sites for hydroxylation is 1. The Labute approximate surface area is 155 Å². The summed E-state index contributed by atoms with van der Waals surface area (Å²) in [6.07, 6.45) is 3.21. The normalized spacial score (nSPS) is 11.0. The van der Waals surface area contributed by atoms with Crippen LogP contribution in [0.15, 0.2) is 76.6 Å². The highest BCUT2D eigenvalue weighted by molar-refractivity contribution is 5.73. The zero-order chi connectivity index (χ0) is 18.8. The van der Waals surface area contributed by atoms with Gasteiger partial charge in [0.1, 0.15) is 0 Å².